The first kappa shape index (κ1) is 14.5. The van der Waals surface area contributed by atoms with Crippen molar-refractivity contribution in [2.45, 2.75) is 26.3 Å². The number of imidazole rings is 1. The Morgan fingerprint density at radius 3 is 2.90 bits per heavy atom. The summed E-state index contributed by atoms with van der Waals surface area (Å²) in [5, 5.41) is 0. The molecule has 5 heteroatoms. The van der Waals surface area contributed by atoms with Gasteiger partial charge in [-0.05, 0) is 24.1 Å². The molecule has 1 aromatic heterocycles. The van der Waals surface area contributed by atoms with Gasteiger partial charge in [0, 0.05) is 25.4 Å². The summed E-state index contributed by atoms with van der Waals surface area (Å²) in [5.41, 5.74) is 7.65. The molecule has 0 aliphatic rings. The Bertz CT molecular complexity index is 607. The van der Waals surface area contributed by atoms with Gasteiger partial charge in [0.05, 0.1) is 12.7 Å². The van der Waals surface area contributed by atoms with Gasteiger partial charge in [-0.15, -0.1) is 0 Å². The summed E-state index contributed by atoms with van der Waals surface area (Å²) in [4.78, 5) is 4.73. The van der Waals surface area contributed by atoms with Crippen molar-refractivity contribution in [3.63, 3.8) is 0 Å². The molecule has 0 atom stereocenters. The van der Waals surface area contributed by atoms with E-state index < -0.39 is 0 Å². The molecule has 106 valence electrons. The molecule has 4 nitrogen and oxygen atoms in total. The molecule has 0 fully saturated rings. The molecule has 0 bridgehead atoms. The lowest BCUT2D eigenvalue weighted by atomic mass is 10.1. The molecule has 20 heavy (non-hydrogen) atoms. The van der Waals surface area contributed by atoms with Gasteiger partial charge in [-0.25, -0.2) is 4.98 Å². The van der Waals surface area contributed by atoms with Crippen LogP contribution >= 0.6 is 12.2 Å². The van der Waals surface area contributed by atoms with Crippen LogP contribution in [0.25, 0.3) is 0 Å². The lowest BCUT2D eigenvalue weighted by Crippen LogP contribution is -2.12. The van der Waals surface area contributed by atoms with Crippen LogP contribution in [0.4, 0.5) is 0 Å². The molecule has 1 aromatic carbocycles. The van der Waals surface area contributed by atoms with E-state index in [1.165, 1.54) is 0 Å². The van der Waals surface area contributed by atoms with Crippen LogP contribution in [0, 0.1) is 0 Å². The Kier molecular flexibility index (Phi) is 4.74. The molecule has 0 spiro atoms. The molecule has 0 saturated carbocycles. The zero-order valence-corrected chi connectivity index (χ0v) is 12.6. The van der Waals surface area contributed by atoms with Crippen molar-refractivity contribution in [1.29, 1.82) is 0 Å². The van der Waals surface area contributed by atoms with Crippen molar-refractivity contribution in [2.24, 2.45) is 5.73 Å². The first-order valence-corrected chi connectivity index (χ1v) is 7.03. The number of hydrogen-bond acceptors (Lipinski definition) is 3. The number of rotatable bonds is 6. The monoisotopic (exact) mass is 289 g/mol. The fourth-order valence-electron chi connectivity index (χ4n) is 2.18. The standard InChI is InChI=1S/C15H19N3OS/c1-3-4-14-17-7-8-18(14)10-11-5-6-13(19-2)12(9-11)15(16)20/h5-9H,3-4,10H2,1-2H3,(H2,16,20). The van der Waals surface area contributed by atoms with E-state index in [1.807, 2.05) is 30.6 Å². The summed E-state index contributed by atoms with van der Waals surface area (Å²) < 4.78 is 7.42. The third-order valence-corrected chi connectivity index (χ3v) is 3.38. The number of benzene rings is 1. The van der Waals surface area contributed by atoms with Crippen LogP contribution in [0.15, 0.2) is 30.6 Å². The highest BCUT2D eigenvalue weighted by Gasteiger charge is 2.08. The number of aryl methyl sites for hydroxylation is 1. The largest absolute Gasteiger partial charge is 0.496 e. The molecule has 0 radical (unpaired) electrons. The SMILES string of the molecule is CCCc1nccn1Cc1ccc(OC)c(C(N)=S)c1. The average Bonchev–Trinajstić information content (AvgIpc) is 2.86. The summed E-state index contributed by atoms with van der Waals surface area (Å²) >= 11 is 5.07. The molecule has 0 amide bonds. The zero-order valence-electron chi connectivity index (χ0n) is 11.8. The second kappa shape index (κ2) is 6.52. The van der Waals surface area contributed by atoms with E-state index in [4.69, 9.17) is 22.7 Å². The molecule has 1 heterocycles. The first-order valence-electron chi connectivity index (χ1n) is 6.62. The first-order chi connectivity index (χ1) is 9.65. The number of thiocarbonyl (C=S) groups is 1. The Hall–Kier alpha value is -1.88. The highest BCUT2D eigenvalue weighted by Crippen LogP contribution is 2.20. The minimum absolute atomic E-state index is 0.350. The number of nitrogens with two attached hydrogens (primary N) is 1. The quantitative estimate of drug-likeness (QED) is 0.830. The van der Waals surface area contributed by atoms with Gasteiger partial charge in [-0.2, -0.15) is 0 Å². The van der Waals surface area contributed by atoms with E-state index in [2.05, 4.69) is 16.5 Å². The third-order valence-electron chi connectivity index (χ3n) is 3.16. The second-order valence-electron chi connectivity index (χ2n) is 4.62. The highest BCUT2D eigenvalue weighted by atomic mass is 32.1. The van der Waals surface area contributed by atoms with Gasteiger partial charge in [0.25, 0.3) is 0 Å². The van der Waals surface area contributed by atoms with Gasteiger partial charge in [-0.3, -0.25) is 0 Å². The smallest absolute Gasteiger partial charge is 0.129 e. The molecule has 2 N–H and O–H groups in total. The van der Waals surface area contributed by atoms with Crippen LogP contribution in [-0.2, 0) is 13.0 Å². The fraction of sp³-hybridized carbons (Fsp3) is 0.333. The minimum Gasteiger partial charge on any atom is -0.496 e. The van der Waals surface area contributed by atoms with E-state index in [9.17, 15) is 0 Å². The Labute approximate surface area is 124 Å². The summed E-state index contributed by atoms with van der Waals surface area (Å²) in [7, 11) is 1.62. The topological polar surface area (TPSA) is 53.1 Å². The van der Waals surface area contributed by atoms with Crippen LogP contribution in [0.2, 0.25) is 0 Å². The molecule has 0 saturated heterocycles. The van der Waals surface area contributed by atoms with Crippen molar-refractivity contribution < 1.29 is 4.74 Å². The number of nitrogens with zero attached hydrogens (tertiary/aromatic N) is 2. The molecule has 0 unspecified atom stereocenters. The van der Waals surface area contributed by atoms with Gasteiger partial charge in [0.15, 0.2) is 0 Å². The van der Waals surface area contributed by atoms with Gasteiger partial charge in [0.2, 0.25) is 0 Å². The van der Waals surface area contributed by atoms with E-state index in [-0.39, 0.29) is 0 Å². The van der Waals surface area contributed by atoms with Crippen LogP contribution < -0.4 is 10.5 Å². The molecule has 2 rings (SSSR count). The maximum Gasteiger partial charge on any atom is 0.129 e. The average molecular weight is 289 g/mol. The minimum atomic E-state index is 0.350. The summed E-state index contributed by atoms with van der Waals surface area (Å²) in [6.45, 7) is 2.91. The Morgan fingerprint density at radius 1 is 1.45 bits per heavy atom. The van der Waals surface area contributed by atoms with E-state index in [1.54, 1.807) is 7.11 Å². The molecule has 0 aliphatic heterocycles. The Morgan fingerprint density at radius 2 is 2.25 bits per heavy atom. The van der Waals surface area contributed by atoms with Crippen molar-refractivity contribution in [3.05, 3.63) is 47.5 Å². The van der Waals surface area contributed by atoms with Crippen LogP contribution in [0.5, 0.6) is 5.75 Å². The highest BCUT2D eigenvalue weighted by molar-refractivity contribution is 7.80. The lowest BCUT2D eigenvalue weighted by molar-refractivity contribution is 0.414. The summed E-state index contributed by atoms with van der Waals surface area (Å²) in [6, 6.07) is 5.91. The van der Waals surface area contributed by atoms with Gasteiger partial charge < -0.3 is 15.0 Å². The maximum atomic E-state index is 5.74. The molecular formula is C15H19N3OS. The number of aromatic nitrogens is 2. The fourth-order valence-corrected chi connectivity index (χ4v) is 2.34. The van der Waals surface area contributed by atoms with Crippen molar-refractivity contribution in [3.8, 4) is 5.75 Å². The van der Waals surface area contributed by atoms with Gasteiger partial charge >= 0.3 is 0 Å². The summed E-state index contributed by atoms with van der Waals surface area (Å²) in [5.74, 6) is 1.81. The summed E-state index contributed by atoms with van der Waals surface area (Å²) in [6.07, 6.45) is 5.89. The maximum absolute atomic E-state index is 5.74. The van der Waals surface area contributed by atoms with E-state index in [0.29, 0.717) is 10.7 Å². The predicted molar refractivity (Wildman–Crippen MR) is 84.2 cm³/mol. The number of hydrogen-bond donors (Lipinski definition) is 1. The molecular weight excluding hydrogens is 270 g/mol. The lowest BCUT2D eigenvalue weighted by Gasteiger charge is -2.11. The number of methoxy groups -OCH3 is 1. The molecule has 0 aliphatic carbocycles. The van der Waals surface area contributed by atoms with Gasteiger partial charge in [-0.1, -0.05) is 25.2 Å². The number of ether oxygens (including phenoxy) is 1. The van der Waals surface area contributed by atoms with Crippen LogP contribution in [0.1, 0.15) is 30.3 Å². The zero-order chi connectivity index (χ0) is 14.5. The normalized spacial score (nSPS) is 10.5. The van der Waals surface area contributed by atoms with Crippen molar-refractivity contribution in [1.82, 2.24) is 9.55 Å². The van der Waals surface area contributed by atoms with Gasteiger partial charge in [0.1, 0.15) is 16.6 Å². The van der Waals surface area contributed by atoms with Crippen LogP contribution in [-0.4, -0.2) is 21.6 Å². The van der Waals surface area contributed by atoms with Crippen molar-refractivity contribution >= 4 is 17.2 Å². The third kappa shape index (κ3) is 3.17. The van der Waals surface area contributed by atoms with E-state index in [0.717, 1.165) is 36.3 Å². The predicted octanol–water partition coefficient (Wildman–Crippen LogP) is 2.53. The Balaban J connectivity index is 2.27. The van der Waals surface area contributed by atoms with E-state index >= 15 is 0 Å². The molecule has 2 aromatic rings. The van der Waals surface area contributed by atoms with Crippen LogP contribution in [0.3, 0.4) is 0 Å². The second-order valence-corrected chi connectivity index (χ2v) is 5.06. The van der Waals surface area contributed by atoms with Crippen molar-refractivity contribution in [2.75, 3.05) is 7.11 Å².